The van der Waals surface area contributed by atoms with Crippen LogP contribution in [0.1, 0.15) is 0 Å². The normalized spacial score (nSPS) is 10.8. The Morgan fingerprint density at radius 1 is 1.50 bits per heavy atom. The molecular weight excluding hydrogens is 260 g/mol. The number of benzene rings is 1. The number of halogens is 2. The van der Waals surface area contributed by atoms with E-state index in [1.807, 2.05) is 12.1 Å². The quantitative estimate of drug-likeness (QED) is 0.792. The summed E-state index contributed by atoms with van der Waals surface area (Å²) in [7, 11) is 0. The van der Waals surface area contributed by atoms with Crippen molar-refractivity contribution in [1.82, 2.24) is 4.98 Å². The van der Waals surface area contributed by atoms with Gasteiger partial charge in [0.1, 0.15) is 5.52 Å². The number of aromatic nitrogens is 1. The maximum absolute atomic E-state index is 5.98. The van der Waals surface area contributed by atoms with Crippen LogP contribution < -0.4 is 5.73 Å². The van der Waals surface area contributed by atoms with Crippen LogP contribution in [0.15, 0.2) is 16.6 Å². The zero-order chi connectivity index (χ0) is 8.72. The first kappa shape index (κ1) is 8.29. The van der Waals surface area contributed by atoms with Gasteiger partial charge in [0.2, 0.25) is 0 Å². The van der Waals surface area contributed by atoms with Gasteiger partial charge in [-0.2, -0.15) is 0 Å². The first-order valence-electron chi connectivity index (χ1n) is 3.18. The predicted octanol–water partition coefficient (Wildman–Crippen LogP) is 3.29. The Bertz CT molecular complexity index is 440. The summed E-state index contributed by atoms with van der Waals surface area (Å²) in [6.07, 6.45) is 0. The molecule has 1 aromatic heterocycles. The fourth-order valence-electron chi connectivity index (χ4n) is 0.954. The summed E-state index contributed by atoms with van der Waals surface area (Å²) < 4.78 is 1.86. The number of nitrogens with two attached hydrogens (primary N) is 1. The van der Waals surface area contributed by atoms with Crippen molar-refractivity contribution in [3.05, 3.63) is 21.6 Å². The zero-order valence-corrected chi connectivity index (χ0v) is 9.00. The Morgan fingerprint density at radius 2 is 2.25 bits per heavy atom. The molecular formula is C7H4BrClN2S. The largest absolute Gasteiger partial charge is 0.375 e. The standard InChI is InChI=1S/C7H4BrClN2S/c8-3-1-2-4-6(5(3)9)11-7(10)12-4/h1-2H,(H2,10,11). The third-order valence-corrected chi connectivity index (χ3v) is 3.59. The van der Waals surface area contributed by atoms with Gasteiger partial charge >= 0.3 is 0 Å². The average Bonchev–Trinajstić information content (AvgIpc) is 2.39. The van der Waals surface area contributed by atoms with E-state index in [0.29, 0.717) is 10.2 Å². The van der Waals surface area contributed by atoms with Crippen LogP contribution in [0.5, 0.6) is 0 Å². The van der Waals surface area contributed by atoms with Crippen LogP contribution in [0.25, 0.3) is 10.2 Å². The van der Waals surface area contributed by atoms with Crippen LogP contribution in [0.3, 0.4) is 0 Å². The van der Waals surface area contributed by atoms with Crippen molar-refractivity contribution in [3.63, 3.8) is 0 Å². The monoisotopic (exact) mass is 262 g/mol. The SMILES string of the molecule is Nc1nc2c(Cl)c(Br)ccc2s1. The summed E-state index contributed by atoms with van der Waals surface area (Å²) in [4.78, 5) is 4.11. The molecule has 0 fully saturated rings. The lowest BCUT2D eigenvalue weighted by atomic mass is 10.3. The fourth-order valence-corrected chi connectivity index (χ4v) is 2.28. The van der Waals surface area contributed by atoms with E-state index in [2.05, 4.69) is 20.9 Å². The molecule has 1 heterocycles. The lowest BCUT2D eigenvalue weighted by molar-refractivity contribution is 1.49. The maximum atomic E-state index is 5.98. The third kappa shape index (κ3) is 1.20. The van der Waals surface area contributed by atoms with Gasteiger partial charge in [0.05, 0.1) is 9.72 Å². The Hall–Kier alpha value is -0.320. The molecule has 0 aliphatic rings. The highest BCUT2D eigenvalue weighted by molar-refractivity contribution is 9.10. The van der Waals surface area contributed by atoms with Crippen LogP contribution in [-0.2, 0) is 0 Å². The van der Waals surface area contributed by atoms with Gasteiger partial charge in [-0.1, -0.05) is 22.9 Å². The van der Waals surface area contributed by atoms with Gasteiger partial charge in [-0.05, 0) is 28.1 Å². The van der Waals surface area contributed by atoms with E-state index in [0.717, 1.165) is 14.7 Å². The molecule has 2 aromatic rings. The summed E-state index contributed by atoms with van der Waals surface area (Å²) in [5.74, 6) is 0. The zero-order valence-electron chi connectivity index (χ0n) is 5.84. The van der Waals surface area contributed by atoms with Gasteiger partial charge < -0.3 is 5.73 Å². The predicted molar refractivity (Wildman–Crippen MR) is 56.7 cm³/mol. The van der Waals surface area contributed by atoms with Gasteiger partial charge in [-0.25, -0.2) is 4.98 Å². The molecule has 0 amide bonds. The smallest absolute Gasteiger partial charge is 0.181 e. The van der Waals surface area contributed by atoms with Crippen molar-refractivity contribution >= 4 is 54.2 Å². The van der Waals surface area contributed by atoms with Crippen molar-refractivity contribution in [2.45, 2.75) is 0 Å². The number of hydrogen-bond acceptors (Lipinski definition) is 3. The molecule has 62 valence electrons. The highest BCUT2D eigenvalue weighted by Gasteiger charge is 2.07. The van der Waals surface area contributed by atoms with E-state index in [9.17, 15) is 0 Å². The second-order valence-corrected chi connectivity index (χ2v) is 4.55. The molecule has 0 bridgehead atoms. The molecule has 0 aliphatic heterocycles. The lowest BCUT2D eigenvalue weighted by Gasteiger charge is -1.93. The fraction of sp³-hybridized carbons (Fsp3) is 0. The van der Waals surface area contributed by atoms with Crippen LogP contribution in [0, 0.1) is 0 Å². The summed E-state index contributed by atoms with van der Waals surface area (Å²) in [6, 6.07) is 3.83. The average molecular weight is 264 g/mol. The van der Waals surface area contributed by atoms with Crippen LogP contribution in [0.2, 0.25) is 5.02 Å². The molecule has 5 heteroatoms. The van der Waals surface area contributed by atoms with Gasteiger partial charge in [-0.15, -0.1) is 0 Å². The minimum atomic E-state index is 0.546. The summed E-state index contributed by atoms with van der Waals surface area (Å²) in [6.45, 7) is 0. The van der Waals surface area contributed by atoms with E-state index < -0.39 is 0 Å². The van der Waals surface area contributed by atoms with Crippen molar-refractivity contribution in [1.29, 1.82) is 0 Å². The number of hydrogen-bond donors (Lipinski definition) is 1. The molecule has 2 rings (SSSR count). The molecule has 0 saturated heterocycles. The van der Waals surface area contributed by atoms with Crippen LogP contribution in [-0.4, -0.2) is 4.98 Å². The first-order valence-corrected chi connectivity index (χ1v) is 5.17. The van der Waals surface area contributed by atoms with Gasteiger partial charge in [0.25, 0.3) is 0 Å². The Labute approximate surface area is 86.5 Å². The highest BCUT2D eigenvalue weighted by Crippen LogP contribution is 2.34. The van der Waals surface area contributed by atoms with E-state index in [-0.39, 0.29) is 0 Å². The summed E-state index contributed by atoms with van der Waals surface area (Å²) >= 11 is 10.7. The highest BCUT2D eigenvalue weighted by atomic mass is 79.9. The topological polar surface area (TPSA) is 38.9 Å². The van der Waals surface area contributed by atoms with Gasteiger partial charge in [0.15, 0.2) is 5.13 Å². The van der Waals surface area contributed by atoms with Crippen LogP contribution in [0.4, 0.5) is 5.13 Å². The van der Waals surface area contributed by atoms with Gasteiger partial charge in [0, 0.05) is 4.47 Å². The molecule has 1 aromatic carbocycles. The maximum Gasteiger partial charge on any atom is 0.181 e. The molecule has 0 aliphatic carbocycles. The second kappa shape index (κ2) is 2.87. The molecule has 0 atom stereocenters. The summed E-state index contributed by atoms with van der Waals surface area (Å²) in [5.41, 5.74) is 6.31. The number of nitrogen functional groups attached to an aromatic ring is 1. The number of fused-ring (bicyclic) bond motifs is 1. The third-order valence-electron chi connectivity index (χ3n) is 1.47. The van der Waals surface area contributed by atoms with Crippen molar-refractivity contribution in [2.24, 2.45) is 0 Å². The molecule has 0 saturated carbocycles. The number of nitrogens with zero attached hydrogens (tertiary/aromatic N) is 1. The molecule has 2 nitrogen and oxygen atoms in total. The Morgan fingerprint density at radius 3 is 3.00 bits per heavy atom. The Balaban J connectivity index is 2.89. The van der Waals surface area contributed by atoms with Crippen LogP contribution >= 0.6 is 38.9 Å². The molecule has 0 radical (unpaired) electrons. The van der Waals surface area contributed by atoms with Crippen molar-refractivity contribution in [2.75, 3.05) is 5.73 Å². The molecule has 12 heavy (non-hydrogen) atoms. The van der Waals surface area contributed by atoms with E-state index in [4.69, 9.17) is 17.3 Å². The number of anilines is 1. The van der Waals surface area contributed by atoms with Gasteiger partial charge in [-0.3, -0.25) is 0 Å². The molecule has 2 N–H and O–H groups in total. The summed E-state index contributed by atoms with van der Waals surface area (Å²) in [5, 5.41) is 1.17. The van der Waals surface area contributed by atoms with Crippen molar-refractivity contribution in [3.8, 4) is 0 Å². The number of rotatable bonds is 0. The minimum absolute atomic E-state index is 0.546. The molecule has 0 unspecified atom stereocenters. The first-order chi connectivity index (χ1) is 5.68. The second-order valence-electron chi connectivity index (χ2n) is 2.26. The lowest BCUT2D eigenvalue weighted by Crippen LogP contribution is -1.79. The number of thiazole rings is 1. The van der Waals surface area contributed by atoms with E-state index in [1.54, 1.807) is 0 Å². The van der Waals surface area contributed by atoms with E-state index >= 15 is 0 Å². The Kier molecular flexibility index (Phi) is 1.98. The van der Waals surface area contributed by atoms with Crippen molar-refractivity contribution < 1.29 is 0 Å². The van der Waals surface area contributed by atoms with E-state index in [1.165, 1.54) is 11.3 Å². The minimum Gasteiger partial charge on any atom is -0.375 e. The molecule has 0 spiro atoms.